The Hall–Kier alpha value is -2.47. The highest BCUT2D eigenvalue weighted by molar-refractivity contribution is 5.90. The Kier molecular flexibility index (Phi) is 7.31. The fourth-order valence-electron chi connectivity index (χ4n) is 4.43. The van der Waals surface area contributed by atoms with E-state index in [1.807, 2.05) is 35.0 Å². The van der Waals surface area contributed by atoms with Gasteiger partial charge in [-0.2, -0.15) is 5.10 Å². The molecule has 31 heavy (non-hydrogen) atoms. The molecule has 1 aliphatic rings. The molecule has 1 amide bonds. The lowest BCUT2D eigenvalue weighted by Crippen LogP contribution is -2.46. The molecule has 0 saturated carbocycles. The minimum atomic E-state index is -0.535. The van der Waals surface area contributed by atoms with Crippen molar-refractivity contribution in [3.8, 4) is 0 Å². The van der Waals surface area contributed by atoms with Crippen LogP contribution in [0.1, 0.15) is 63.9 Å². The van der Waals surface area contributed by atoms with Crippen LogP contribution in [-0.4, -0.2) is 34.1 Å². The van der Waals surface area contributed by atoms with Gasteiger partial charge in [-0.15, -0.1) is 0 Å². The van der Waals surface area contributed by atoms with E-state index < -0.39 is 6.04 Å². The number of carbonyl (C=O) groups excluding carboxylic acids is 2. The topological polar surface area (TPSA) is 76.0 Å². The number of amides is 1. The highest BCUT2D eigenvalue weighted by Gasteiger charge is 2.35. The van der Waals surface area contributed by atoms with Gasteiger partial charge < -0.3 is 10.6 Å². The van der Waals surface area contributed by atoms with E-state index in [0.717, 1.165) is 30.6 Å². The smallest absolute Gasteiger partial charge is 0.217 e. The largest absolute Gasteiger partial charge is 0.346 e. The molecule has 1 aromatic heterocycles. The van der Waals surface area contributed by atoms with Crippen LogP contribution in [0.2, 0.25) is 0 Å². The lowest BCUT2D eigenvalue weighted by atomic mass is 9.74. The van der Waals surface area contributed by atoms with Gasteiger partial charge in [-0.1, -0.05) is 58.0 Å². The molecule has 6 heteroatoms. The van der Waals surface area contributed by atoms with Crippen molar-refractivity contribution in [1.29, 1.82) is 0 Å². The molecule has 2 aromatic rings. The van der Waals surface area contributed by atoms with Gasteiger partial charge in [0.1, 0.15) is 0 Å². The van der Waals surface area contributed by atoms with Gasteiger partial charge in [-0.3, -0.25) is 14.3 Å². The van der Waals surface area contributed by atoms with Crippen LogP contribution >= 0.6 is 0 Å². The molecular formula is C25H36N4O2. The number of Topliss-reactive ketones (excluding diaryl/α,β-unsaturated/α-hetero) is 1. The second-order valence-corrected chi connectivity index (χ2v) is 10.0. The predicted molar refractivity (Wildman–Crippen MR) is 123 cm³/mol. The fourth-order valence-corrected chi connectivity index (χ4v) is 4.43. The van der Waals surface area contributed by atoms with E-state index in [2.05, 4.69) is 44.5 Å². The summed E-state index contributed by atoms with van der Waals surface area (Å²) >= 11 is 0. The van der Waals surface area contributed by atoms with Crippen LogP contribution in [0.25, 0.3) is 0 Å². The van der Waals surface area contributed by atoms with Gasteiger partial charge >= 0.3 is 0 Å². The minimum absolute atomic E-state index is 0.00134. The van der Waals surface area contributed by atoms with Gasteiger partial charge in [-0.25, -0.2) is 0 Å². The van der Waals surface area contributed by atoms with E-state index in [-0.39, 0.29) is 29.7 Å². The molecule has 168 valence electrons. The zero-order chi connectivity index (χ0) is 22.6. The number of rotatable bonds is 9. The molecule has 1 aromatic carbocycles. The summed E-state index contributed by atoms with van der Waals surface area (Å²) in [5.41, 5.74) is 3.48. The first-order valence-electron chi connectivity index (χ1n) is 11.3. The second-order valence-electron chi connectivity index (χ2n) is 10.0. The first kappa shape index (κ1) is 23.2. The highest BCUT2D eigenvalue weighted by Crippen LogP contribution is 2.40. The Labute approximate surface area is 185 Å². The molecule has 0 bridgehead atoms. The molecule has 1 aliphatic carbocycles. The third kappa shape index (κ3) is 6.50. The van der Waals surface area contributed by atoms with Crippen LogP contribution < -0.4 is 10.6 Å². The zero-order valence-electron chi connectivity index (χ0n) is 19.4. The van der Waals surface area contributed by atoms with Gasteiger partial charge in [-0.05, 0) is 36.2 Å². The van der Waals surface area contributed by atoms with Crippen LogP contribution in [0.3, 0.4) is 0 Å². The number of benzene rings is 1. The van der Waals surface area contributed by atoms with E-state index in [0.29, 0.717) is 12.3 Å². The average Bonchev–Trinajstić information content (AvgIpc) is 3.06. The number of aromatic nitrogens is 2. The Morgan fingerprint density at radius 3 is 2.58 bits per heavy atom. The maximum atomic E-state index is 13.1. The Bertz CT molecular complexity index is 902. The first-order chi connectivity index (χ1) is 14.6. The van der Waals surface area contributed by atoms with E-state index in [4.69, 9.17) is 5.10 Å². The summed E-state index contributed by atoms with van der Waals surface area (Å²) in [4.78, 5) is 24.8. The normalized spacial score (nSPS) is 18.5. The average molecular weight is 425 g/mol. The van der Waals surface area contributed by atoms with E-state index >= 15 is 0 Å². The number of hydrogen-bond acceptors (Lipinski definition) is 4. The van der Waals surface area contributed by atoms with E-state index in [1.54, 1.807) is 0 Å². The molecule has 2 atom stereocenters. The molecule has 0 aliphatic heterocycles. The third-order valence-electron chi connectivity index (χ3n) is 5.77. The van der Waals surface area contributed by atoms with Crippen LogP contribution in [0.4, 0.5) is 0 Å². The number of nitrogens with zero attached hydrogens (tertiary/aromatic N) is 2. The van der Waals surface area contributed by atoms with Crippen LogP contribution in [0.5, 0.6) is 0 Å². The second kappa shape index (κ2) is 9.77. The number of hydrogen-bond donors (Lipinski definition) is 2. The molecule has 2 N–H and O–H groups in total. The Morgan fingerprint density at radius 1 is 1.23 bits per heavy atom. The van der Waals surface area contributed by atoms with Crippen LogP contribution in [-0.2, 0) is 29.0 Å². The van der Waals surface area contributed by atoms with Crippen molar-refractivity contribution in [2.45, 2.75) is 72.5 Å². The van der Waals surface area contributed by atoms with Gasteiger partial charge in [0.25, 0.3) is 0 Å². The fraction of sp³-hybridized carbons (Fsp3) is 0.560. The standard InChI is InChI=1S/C25H36N4O2/c1-17(2)15-29-16-20-22(12-25(4,5)13-23(20)28-29)26-14-24(31)21(27-18(3)30)11-19-9-7-6-8-10-19/h6-10,16-17,21-22,26H,11-15H2,1-5H3,(H,27,30)/t21-,22-/m0/s1. The van der Waals surface area contributed by atoms with Crippen molar-refractivity contribution in [1.82, 2.24) is 20.4 Å². The molecule has 3 rings (SSSR count). The molecule has 0 unspecified atom stereocenters. The van der Waals surface area contributed by atoms with Crippen molar-refractivity contribution in [3.63, 3.8) is 0 Å². The summed E-state index contributed by atoms with van der Waals surface area (Å²) in [6.45, 7) is 11.4. The molecule has 0 saturated heterocycles. The van der Waals surface area contributed by atoms with Crippen LogP contribution in [0.15, 0.2) is 36.5 Å². The van der Waals surface area contributed by atoms with Gasteiger partial charge in [0.2, 0.25) is 5.91 Å². The highest BCUT2D eigenvalue weighted by atomic mass is 16.2. The molecular weight excluding hydrogens is 388 g/mol. The van der Waals surface area contributed by atoms with Crippen LogP contribution in [0, 0.1) is 11.3 Å². The molecule has 0 fully saturated rings. The molecule has 0 radical (unpaired) electrons. The number of nitrogens with one attached hydrogen (secondary N) is 2. The molecule has 0 spiro atoms. The van der Waals surface area contributed by atoms with Gasteiger partial charge in [0, 0.05) is 31.3 Å². The number of fused-ring (bicyclic) bond motifs is 1. The quantitative estimate of drug-likeness (QED) is 0.646. The van der Waals surface area contributed by atoms with E-state index in [1.165, 1.54) is 12.5 Å². The summed E-state index contributed by atoms with van der Waals surface area (Å²) in [6.07, 6.45) is 4.53. The first-order valence-corrected chi connectivity index (χ1v) is 11.3. The number of ketones is 1. The summed E-state index contributed by atoms with van der Waals surface area (Å²) in [7, 11) is 0. The van der Waals surface area contributed by atoms with Crippen molar-refractivity contribution in [2.75, 3.05) is 6.54 Å². The molecule has 6 nitrogen and oxygen atoms in total. The Morgan fingerprint density at radius 2 is 1.94 bits per heavy atom. The zero-order valence-corrected chi connectivity index (χ0v) is 19.4. The van der Waals surface area contributed by atoms with Crippen molar-refractivity contribution in [2.24, 2.45) is 11.3 Å². The third-order valence-corrected chi connectivity index (χ3v) is 5.77. The maximum Gasteiger partial charge on any atom is 0.217 e. The number of carbonyl (C=O) groups is 2. The summed E-state index contributed by atoms with van der Waals surface area (Å²) in [5, 5.41) is 11.1. The lowest BCUT2D eigenvalue weighted by molar-refractivity contribution is -0.126. The minimum Gasteiger partial charge on any atom is -0.346 e. The van der Waals surface area contributed by atoms with E-state index in [9.17, 15) is 9.59 Å². The summed E-state index contributed by atoms with van der Waals surface area (Å²) in [5.74, 6) is 0.336. The molecule has 1 heterocycles. The van der Waals surface area contributed by atoms with Crippen molar-refractivity contribution < 1.29 is 9.59 Å². The lowest BCUT2D eigenvalue weighted by Gasteiger charge is -2.35. The Balaban J connectivity index is 1.71. The van der Waals surface area contributed by atoms with Crippen molar-refractivity contribution >= 4 is 11.7 Å². The predicted octanol–water partition coefficient (Wildman–Crippen LogP) is 3.46. The monoisotopic (exact) mass is 424 g/mol. The van der Waals surface area contributed by atoms with Gasteiger partial charge in [0.05, 0.1) is 18.3 Å². The maximum absolute atomic E-state index is 13.1. The van der Waals surface area contributed by atoms with Gasteiger partial charge in [0.15, 0.2) is 5.78 Å². The van der Waals surface area contributed by atoms with Crippen molar-refractivity contribution in [3.05, 3.63) is 53.3 Å². The summed E-state index contributed by atoms with van der Waals surface area (Å²) in [6, 6.07) is 9.35. The summed E-state index contributed by atoms with van der Waals surface area (Å²) < 4.78 is 2.04. The SMILES string of the molecule is CC(=O)N[C@@H](Cc1ccccc1)C(=O)CN[C@H]1CC(C)(C)Cc2nn(CC(C)C)cc21.